The minimum atomic E-state index is -1.04. The standard InChI is InChI=1S/C18H14O4S/c1-11-6-9-16(23-11)18(21)14-7-8-15(22-10-17(19)20)13-5-3-2-4-12(13)14/h2-9H,10H2,1H3,(H,19,20). The summed E-state index contributed by atoms with van der Waals surface area (Å²) in [6, 6.07) is 14.4. The number of aliphatic carboxylic acids is 1. The van der Waals surface area contributed by atoms with Crippen LogP contribution < -0.4 is 4.74 Å². The molecule has 0 saturated carbocycles. The molecule has 23 heavy (non-hydrogen) atoms. The third-order valence-electron chi connectivity index (χ3n) is 3.44. The average Bonchev–Trinajstić information content (AvgIpc) is 2.98. The quantitative estimate of drug-likeness (QED) is 0.722. The van der Waals surface area contributed by atoms with Gasteiger partial charge in [-0.2, -0.15) is 0 Å². The molecular formula is C18H14O4S. The normalized spacial score (nSPS) is 10.7. The van der Waals surface area contributed by atoms with Crippen molar-refractivity contribution >= 4 is 33.9 Å². The first-order valence-electron chi connectivity index (χ1n) is 7.04. The summed E-state index contributed by atoms with van der Waals surface area (Å²) in [5.74, 6) is -0.616. The first kappa shape index (κ1) is 15.2. The Morgan fingerprint density at radius 2 is 1.78 bits per heavy atom. The zero-order valence-corrected chi connectivity index (χ0v) is 13.2. The molecule has 4 nitrogen and oxygen atoms in total. The number of carboxylic acids is 1. The first-order chi connectivity index (χ1) is 11.1. The Kier molecular flexibility index (Phi) is 4.12. The molecule has 0 aliphatic rings. The Labute approximate surface area is 137 Å². The average molecular weight is 326 g/mol. The number of rotatable bonds is 5. The van der Waals surface area contributed by atoms with Crippen molar-refractivity contribution < 1.29 is 19.4 Å². The molecule has 0 unspecified atom stereocenters. The summed E-state index contributed by atoms with van der Waals surface area (Å²) < 4.78 is 5.32. The number of benzene rings is 2. The molecule has 5 heteroatoms. The van der Waals surface area contributed by atoms with Gasteiger partial charge in [-0.05, 0) is 36.6 Å². The smallest absolute Gasteiger partial charge is 0.341 e. The Balaban J connectivity index is 2.07. The minimum absolute atomic E-state index is 0.0379. The highest BCUT2D eigenvalue weighted by atomic mass is 32.1. The van der Waals surface area contributed by atoms with Crippen LogP contribution in [-0.2, 0) is 4.79 Å². The Morgan fingerprint density at radius 1 is 1.04 bits per heavy atom. The third-order valence-corrected chi connectivity index (χ3v) is 4.44. The second-order valence-corrected chi connectivity index (χ2v) is 6.37. The number of carboxylic acid groups (broad SMARTS) is 1. The lowest BCUT2D eigenvalue weighted by molar-refractivity contribution is -0.139. The number of carbonyl (C=O) groups excluding carboxylic acids is 1. The number of carbonyl (C=O) groups is 2. The van der Waals surface area contributed by atoms with Gasteiger partial charge < -0.3 is 9.84 Å². The molecule has 0 bridgehead atoms. The van der Waals surface area contributed by atoms with Crippen LogP contribution in [0.2, 0.25) is 0 Å². The Bertz CT molecular complexity index is 895. The zero-order chi connectivity index (χ0) is 16.4. The van der Waals surface area contributed by atoms with Gasteiger partial charge in [0.2, 0.25) is 5.78 Å². The van der Waals surface area contributed by atoms with Gasteiger partial charge in [-0.15, -0.1) is 11.3 Å². The van der Waals surface area contributed by atoms with E-state index in [-0.39, 0.29) is 5.78 Å². The maximum absolute atomic E-state index is 12.7. The van der Waals surface area contributed by atoms with Crippen LogP contribution in [0.25, 0.3) is 10.8 Å². The molecule has 2 aromatic carbocycles. The van der Waals surface area contributed by atoms with E-state index in [2.05, 4.69) is 0 Å². The lowest BCUT2D eigenvalue weighted by Crippen LogP contribution is -2.10. The van der Waals surface area contributed by atoms with Gasteiger partial charge in [0, 0.05) is 15.8 Å². The van der Waals surface area contributed by atoms with Crippen LogP contribution in [-0.4, -0.2) is 23.5 Å². The second-order valence-electron chi connectivity index (χ2n) is 5.08. The SMILES string of the molecule is Cc1ccc(C(=O)c2ccc(OCC(=O)O)c3ccccc23)s1. The molecule has 0 spiro atoms. The van der Waals surface area contributed by atoms with Gasteiger partial charge in [-0.25, -0.2) is 4.79 Å². The number of fused-ring (bicyclic) bond motifs is 1. The summed E-state index contributed by atoms with van der Waals surface area (Å²) in [6.45, 7) is 1.55. The zero-order valence-electron chi connectivity index (χ0n) is 12.4. The van der Waals surface area contributed by atoms with Crippen LogP contribution >= 0.6 is 11.3 Å². The predicted octanol–water partition coefficient (Wildman–Crippen LogP) is 3.90. The van der Waals surface area contributed by atoms with Crippen LogP contribution in [0.15, 0.2) is 48.5 Å². The van der Waals surface area contributed by atoms with E-state index in [0.717, 1.165) is 15.6 Å². The number of ketones is 1. The number of hydrogen-bond donors (Lipinski definition) is 1. The molecule has 0 saturated heterocycles. The summed E-state index contributed by atoms with van der Waals surface area (Å²) in [5, 5.41) is 10.2. The van der Waals surface area contributed by atoms with Crippen molar-refractivity contribution in [2.24, 2.45) is 0 Å². The van der Waals surface area contributed by atoms with Gasteiger partial charge in [0.1, 0.15) is 5.75 Å². The van der Waals surface area contributed by atoms with E-state index in [4.69, 9.17) is 9.84 Å². The van der Waals surface area contributed by atoms with E-state index in [1.807, 2.05) is 43.3 Å². The third kappa shape index (κ3) is 3.10. The molecule has 1 heterocycles. The summed E-state index contributed by atoms with van der Waals surface area (Å²) in [6.07, 6.45) is 0. The fourth-order valence-corrected chi connectivity index (χ4v) is 3.25. The van der Waals surface area contributed by atoms with Crippen molar-refractivity contribution in [1.82, 2.24) is 0 Å². The van der Waals surface area contributed by atoms with Crippen LogP contribution in [0.5, 0.6) is 5.75 Å². The van der Waals surface area contributed by atoms with E-state index < -0.39 is 12.6 Å². The van der Waals surface area contributed by atoms with Gasteiger partial charge in [0.25, 0.3) is 0 Å². The largest absolute Gasteiger partial charge is 0.481 e. The molecule has 0 radical (unpaired) electrons. The molecule has 116 valence electrons. The molecule has 3 rings (SSSR count). The van der Waals surface area contributed by atoms with Crippen molar-refractivity contribution in [3.63, 3.8) is 0 Å². The fourth-order valence-electron chi connectivity index (χ4n) is 2.42. The highest BCUT2D eigenvalue weighted by Gasteiger charge is 2.16. The van der Waals surface area contributed by atoms with E-state index in [1.165, 1.54) is 11.3 Å². The number of ether oxygens (including phenoxy) is 1. The highest BCUT2D eigenvalue weighted by Crippen LogP contribution is 2.31. The van der Waals surface area contributed by atoms with E-state index in [1.54, 1.807) is 12.1 Å². The van der Waals surface area contributed by atoms with Gasteiger partial charge in [0.15, 0.2) is 6.61 Å². The topological polar surface area (TPSA) is 63.6 Å². The van der Waals surface area contributed by atoms with E-state index >= 15 is 0 Å². The van der Waals surface area contributed by atoms with Crippen molar-refractivity contribution in [2.45, 2.75) is 6.92 Å². The molecule has 1 N–H and O–H groups in total. The van der Waals surface area contributed by atoms with Gasteiger partial charge >= 0.3 is 5.97 Å². The lowest BCUT2D eigenvalue weighted by Gasteiger charge is -2.10. The second kappa shape index (κ2) is 6.22. The van der Waals surface area contributed by atoms with Crippen molar-refractivity contribution in [3.05, 3.63) is 63.8 Å². The van der Waals surface area contributed by atoms with Crippen molar-refractivity contribution in [3.8, 4) is 5.75 Å². The summed E-state index contributed by atoms with van der Waals surface area (Å²) in [4.78, 5) is 25.2. The van der Waals surface area contributed by atoms with Crippen molar-refractivity contribution in [2.75, 3.05) is 6.61 Å². The van der Waals surface area contributed by atoms with Gasteiger partial charge in [0.05, 0.1) is 4.88 Å². The van der Waals surface area contributed by atoms with Gasteiger partial charge in [-0.3, -0.25) is 4.79 Å². The Morgan fingerprint density at radius 3 is 2.43 bits per heavy atom. The number of aryl methyl sites for hydroxylation is 1. The summed E-state index contributed by atoms with van der Waals surface area (Å²) in [7, 11) is 0. The number of hydrogen-bond acceptors (Lipinski definition) is 4. The Hall–Kier alpha value is -2.66. The maximum Gasteiger partial charge on any atom is 0.341 e. The van der Waals surface area contributed by atoms with E-state index in [0.29, 0.717) is 16.2 Å². The highest BCUT2D eigenvalue weighted by molar-refractivity contribution is 7.14. The van der Waals surface area contributed by atoms with Crippen LogP contribution in [0.3, 0.4) is 0 Å². The van der Waals surface area contributed by atoms with Crippen LogP contribution in [0.4, 0.5) is 0 Å². The molecule has 0 amide bonds. The number of thiophene rings is 1. The first-order valence-corrected chi connectivity index (χ1v) is 7.85. The van der Waals surface area contributed by atoms with Gasteiger partial charge in [-0.1, -0.05) is 24.3 Å². The predicted molar refractivity (Wildman–Crippen MR) is 89.6 cm³/mol. The molecule has 0 aliphatic heterocycles. The van der Waals surface area contributed by atoms with E-state index in [9.17, 15) is 9.59 Å². The monoisotopic (exact) mass is 326 g/mol. The summed E-state index contributed by atoms with van der Waals surface area (Å²) >= 11 is 1.46. The summed E-state index contributed by atoms with van der Waals surface area (Å²) in [5.41, 5.74) is 0.588. The molecule has 0 fully saturated rings. The minimum Gasteiger partial charge on any atom is -0.481 e. The molecule has 0 atom stereocenters. The lowest BCUT2D eigenvalue weighted by atomic mass is 10.00. The molecular weight excluding hydrogens is 312 g/mol. The molecule has 1 aromatic heterocycles. The molecule has 3 aromatic rings. The maximum atomic E-state index is 12.7. The van der Waals surface area contributed by atoms with Crippen molar-refractivity contribution in [1.29, 1.82) is 0 Å². The van der Waals surface area contributed by atoms with Crippen LogP contribution in [0.1, 0.15) is 20.1 Å². The molecule has 0 aliphatic carbocycles. The van der Waals surface area contributed by atoms with Crippen LogP contribution in [0, 0.1) is 6.92 Å². The fraction of sp³-hybridized carbons (Fsp3) is 0.111.